The zero-order valence-electron chi connectivity index (χ0n) is 6.71. The summed E-state index contributed by atoms with van der Waals surface area (Å²) in [7, 11) is 0. The molecule has 4 heteroatoms. The maximum atomic E-state index is 13.3. The number of ether oxygens (including phenoxy) is 2. The van der Waals surface area contributed by atoms with E-state index < -0.39 is 5.82 Å². The van der Waals surface area contributed by atoms with Gasteiger partial charge in [-0.2, -0.15) is 5.26 Å². The third-order valence-corrected chi connectivity index (χ3v) is 1.77. The van der Waals surface area contributed by atoms with E-state index in [1.54, 1.807) is 6.07 Å². The predicted molar refractivity (Wildman–Crippen MR) is 42.1 cm³/mol. The van der Waals surface area contributed by atoms with Crippen molar-refractivity contribution in [3.05, 3.63) is 23.5 Å². The number of hydrogen-bond acceptors (Lipinski definition) is 3. The van der Waals surface area contributed by atoms with E-state index in [0.717, 1.165) is 0 Å². The summed E-state index contributed by atoms with van der Waals surface area (Å²) >= 11 is 0. The second kappa shape index (κ2) is 2.94. The van der Waals surface area contributed by atoms with Crippen molar-refractivity contribution in [1.29, 1.82) is 5.26 Å². The lowest BCUT2D eigenvalue weighted by Gasteiger charge is -2.18. The molecule has 0 amide bonds. The summed E-state index contributed by atoms with van der Waals surface area (Å²) in [6.45, 7) is 0.733. The summed E-state index contributed by atoms with van der Waals surface area (Å²) in [5, 5.41) is 8.53. The third-order valence-electron chi connectivity index (χ3n) is 1.77. The van der Waals surface area contributed by atoms with Gasteiger partial charge in [0.2, 0.25) is 0 Å². The molecule has 2 rings (SSSR count). The van der Waals surface area contributed by atoms with Crippen molar-refractivity contribution in [3.8, 4) is 17.6 Å². The molecule has 0 bridgehead atoms. The van der Waals surface area contributed by atoms with E-state index >= 15 is 0 Å². The summed E-state index contributed by atoms with van der Waals surface area (Å²) in [6.07, 6.45) is 0. The minimum atomic E-state index is -0.639. The fourth-order valence-corrected chi connectivity index (χ4v) is 1.17. The average molecular weight is 179 g/mol. The highest BCUT2D eigenvalue weighted by molar-refractivity contribution is 5.48. The molecule has 0 N–H and O–H groups in total. The molecular formula is C9H6FNO2. The molecule has 0 aromatic heterocycles. The van der Waals surface area contributed by atoms with Gasteiger partial charge in [0, 0.05) is 0 Å². The Balaban J connectivity index is 2.56. The summed E-state index contributed by atoms with van der Waals surface area (Å²) < 4.78 is 23.5. The van der Waals surface area contributed by atoms with E-state index in [-0.39, 0.29) is 11.3 Å². The van der Waals surface area contributed by atoms with Crippen molar-refractivity contribution in [1.82, 2.24) is 0 Å². The summed E-state index contributed by atoms with van der Waals surface area (Å²) in [4.78, 5) is 0. The van der Waals surface area contributed by atoms with E-state index in [9.17, 15) is 4.39 Å². The molecule has 0 saturated heterocycles. The molecule has 1 aliphatic rings. The van der Waals surface area contributed by atoms with Crippen LogP contribution in [0.5, 0.6) is 11.5 Å². The first-order chi connectivity index (χ1) is 6.33. The van der Waals surface area contributed by atoms with E-state index in [1.807, 2.05) is 0 Å². The smallest absolute Gasteiger partial charge is 0.198 e. The van der Waals surface area contributed by atoms with Gasteiger partial charge in [0.1, 0.15) is 19.3 Å². The Morgan fingerprint density at radius 3 is 2.85 bits per heavy atom. The van der Waals surface area contributed by atoms with Crippen molar-refractivity contribution in [2.24, 2.45) is 0 Å². The maximum absolute atomic E-state index is 13.3. The van der Waals surface area contributed by atoms with Crippen molar-refractivity contribution < 1.29 is 13.9 Å². The molecule has 0 fully saturated rings. The first-order valence-electron chi connectivity index (χ1n) is 3.81. The number of nitrogens with zero attached hydrogens (tertiary/aromatic N) is 1. The van der Waals surface area contributed by atoms with Gasteiger partial charge >= 0.3 is 0 Å². The number of nitriles is 1. The van der Waals surface area contributed by atoms with Gasteiger partial charge in [0.05, 0.1) is 5.56 Å². The van der Waals surface area contributed by atoms with Crippen LogP contribution in [-0.4, -0.2) is 13.2 Å². The van der Waals surface area contributed by atoms with E-state index in [4.69, 9.17) is 14.7 Å². The molecule has 0 spiro atoms. The molecular weight excluding hydrogens is 173 g/mol. The Bertz CT molecular complexity index is 384. The third kappa shape index (κ3) is 1.18. The Hall–Kier alpha value is -1.76. The fraction of sp³-hybridized carbons (Fsp3) is 0.222. The van der Waals surface area contributed by atoms with Crippen LogP contribution in [0, 0.1) is 17.1 Å². The van der Waals surface area contributed by atoms with E-state index in [0.29, 0.717) is 19.0 Å². The van der Waals surface area contributed by atoms with Crippen molar-refractivity contribution in [2.45, 2.75) is 0 Å². The molecule has 1 aliphatic heterocycles. The molecule has 13 heavy (non-hydrogen) atoms. The van der Waals surface area contributed by atoms with Crippen LogP contribution in [0.25, 0.3) is 0 Å². The Kier molecular flexibility index (Phi) is 1.78. The Morgan fingerprint density at radius 1 is 1.31 bits per heavy atom. The summed E-state index contributed by atoms with van der Waals surface area (Å²) in [5.74, 6) is -0.229. The van der Waals surface area contributed by atoms with Gasteiger partial charge in [-0.15, -0.1) is 0 Å². The molecule has 1 heterocycles. The molecule has 66 valence electrons. The minimum absolute atomic E-state index is 0.0238. The van der Waals surface area contributed by atoms with E-state index in [2.05, 4.69) is 0 Å². The maximum Gasteiger partial charge on any atom is 0.198 e. The predicted octanol–water partition coefficient (Wildman–Crippen LogP) is 1.47. The van der Waals surface area contributed by atoms with Crippen molar-refractivity contribution in [3.63, 3.8) is 0 Å². The van der Waals surface area contributed by atoms with Crippen LogP contribution in [0.4, 0.5) is 4.39 Å². The van der Waals surface area contributed by atoms with Gasteiger partial charge in [-0.3, -0.25) is 0 Å². The van der Waals surface area contributed by atoms with Crippen LogP contribution in [0.15, 0.2) is 12.1 Å². The fourth-order valence-electron chi connectivity index (χ4n) is 1.17. The normalized spacial score (nSPS) is 13.5. The van der Waals surface area contributed by atoms with Crippen molar-refractivity contribution in [2.75, 3.05) is 13.2 Å². The average Bonchev–Trinajstić information content (AvgIpc) is 2.19. The monoisotopic (exact) mass is 179 g/mol. The lowest BCUT2D eigenvalue weighted by atomic mass is 10.2. The number of halogens is 1. The van der Waals surface area contributed by atoms with Crippen LogP contribution < -0.4 is 9.47 Å². The summed E-state index contributed by atoms with van der Waals surface area (Å²) in [6, 6.07) is 4.65. The van der Waals surface area contributed by atoms with Gasteiger partial charge in [-0.1, -0.05) is 0 Å². The lowest BCUT2D eigenvalue weighted by Crippen LogP contribution is -2.16. The molecule has 3 nitrogen and oxygen atoms in total. The quantitative estimate of drug-likeness (QED) is 0.605. The standard InChI is InChI=1S/C9H6FNO2/c10-8-6(5-11)1-2-7-9(8)13-4-3-12-7/h1-2H,3-4H2. The number of fused-ring (bicyclic) bond motifs is 1. The highest BCUT2D eigenvalue weighted by Crippen LogP contribution is 2.34. The zero-order valence-corrected chi connectivity index (χ0v) is 6.71. The van der Waals surface area contributed by atoms with Gasteiger partial charge in [0.25, 0.3) is 0 Å². The van der Waals surface area contributed by atoms with Gasteiger partial charge in [-0.05, 0) is 12.1 Å². The number of rotatable bonds is 0. The molecule has 0 unspecified atom stereocenters. The van der Waals surface area contributed by atoms with Crippen LogP contribution in [0.3, 0.4) is 0 Å². The molecule has 1 aromatic carbocycles. The van der Waals surface area contributed by atoms with Gasteiger partial charge < -0.3 is 9.47 Å². The Labute approximate surface area is 74.3 Å². The van der Waals surface area contributed by atoms with Gasteiger partial charge in [-0.25, -0.2) is 4.39 Å². The van der Waals surface area contributed by atoms with Crippen LogP contribution in [0.2, 0.25) is 0 Å². The zero-order chi connectivity index (χ0) is 9.26. The van der Waals surface area contributed by atoms with Crippen LogP contribution in [-0.2, 0) is 0 Å². The van der Waals surface area contributed by atoms with Crippen molar-refractivity contribution >= 4 is 0 Å². The largest absolute Gasteiger partial charge is 0.486 e. The van der Waals surface area contributed by atoms with Crippen LogP contribution >= 0.6 is 0 Å². The number of benzene rings is 1. The molecule has 0 radical (unpaired) electrons. The topological polar surface area (TPSA) is 42.2 Å². The SMILES string of the molecule is N#Cc1ccc2c(c1F)OCCO2. The first-order valence-corrected chi connectivity index (χ1v) is 3.81. The minimum Gasteiger partial charge on any atom is -0.486 e. The molecule has 1 aromatic rings. The molecule has 0 saturated carbocycles. The first kappa shape index (κ1) is 7.87. The number of hydrogen-bond donors (Lipinski definition) is 0. The molecule has 0 aliphatic carbocycles. The highest BCUT2D eigenvalue weighted by Gasteiger charge is 2.18. The lowest BCUT2D eigenvalue weighted by molar-refractivity contribution is 0.164. The molecule has 0 atom stereocenters. The Morgan fingerprint density at radius 2 is 2.08 bits per heavy atom. The second-order valence-electron chi connectivity index (χ2n) is 2.56. The van der Waals surface area contributed by atoms with Crippen LogP contribution in [0.1, 0.15) is 5.56 Å². The van der Waals surface area contributed by atoms with Gasteiger partial charge in [0.15, 0.2) is 17.3 Å². The summed E-state index contributed by atoms with van der Waals surface area (Å²) in [5.41, 5.74) is -0.0238. The highest BCUT2D eigenvalue weighted by atomic mass is 19.1. The van der Waals surface area contributed by atoms with E-state index in [1.165, 1.54) is 12.1 Å². The second-order valence-corrected chi connectivity index (χ2v) is 2.56.